The van der Waals surface area contributed by atoms with Crippen LogP contribution in [0, 0.1) is 0 Å². The molecule has 0 saturated carbocycles. The zero-order valence-corrected chi connectivity index (χ0v) is 13.2. The Kier molecular flexibility index (Phi) is 8.26. The molecule has 0 aliphatic rings. The molecule has 0 aromatic heterocycles. The van der Waals surface area contributed by atoms with Crippen LogP contribution in [0.5, 0.6) is 0 Å². The number of nitrogens with zero attached hydrogens (tertiary/aromatic N) is 1. The fraction of sp³-hybridized carbons (Fsp3) is 0.933. The average Bonchev–Trinajstić information content (AvgIpc) is 2.30. The highest BCUT2D eigenvalue weighted by Gasteiger charge is 2.46. The molecule has 1 atom stereocenters. The molecule has 0 aromatic carbocycles. The van der Waals surface area contributed by atoms with Crippen LogP contribution in [0.4, 0.5) is 0 Å². The first-order chi connectivity index (χ1) is 8.75. The van der Waals surface area contributed by atoms with Gasteiger partial charge in [-0.2, -0.15) is 0 Å². The Morgan fingerprint density at radius 2 is 1.42 bits per heavy atom. The van der Waals surface area contributed by atoms with Gasteiger partial charge < -0.3 is 9.59 Å². The molecule has 0 aliphatic carbocycles. The molecule has 0 bridgehead atoms. The van der Waals surface area contributed by atoms with Crippen LogP contribution in [0.2, 0.25) is 0 Å². The van der Waals surface area contributed by atoms with Crippen molar-refractivity contribution in [2.75, 3.05) is 21.1 Å². The van der Waals surface area contributed by atoms with Gasteiger partial charge in [0.05, 0.1) is 21.1 Å². The maximum Gasteiger partial charge on any atom is 0.381 e. The molecule has 19 heavy (non-hydrogen) atoms. The molecule has 4 nitrogen and oxygen atoms in total. The zero-order chi connectivity index (χ0) is 14.9. The van der Waals surface area contributed by atoms with Crippen molar-refractivity contribution in [1.82, 2.24) is 0 Å². The highest BCUT2D eigenvalue weighted by atomic mass is 16.4. The maximum atomic E-state index is 11.4. The summed E-state index contributed by atoms with van der Waals surface area (Å²) in [6, 6.07) is 0. The molecule has 4 heteroatoms. The first-order valence-electron chi connectivity index (χ1n) is 7.59. The monoisotopic (exact) mass is 273 g/mol. The summed E-state index contributed by atoms with van der Waals surface area (Å²) in [6.07, 6.45) is 10.2. The first-order valence-corrected chi connectivity index (χ1v) is 7.59. The van der Waals surface area contributed by atoms with Gasteiger partial charge >= 0.3 is 5.97 Å². The fourth-order valence-electron chi connectivity index (χ4n) is 2.26. The second-order valence-corrected chi connectivity index (χ2v) is 6.47. The van der Waals surface area contributed by atoms with Crippen molar-refractivity contribution in [2.45, 2.75) is 70.4 Å². The van der Waals surface area contributed by atoms with Gasteiger partial charge in [0.25, 0.3) is 0 Å². The minimum absolute atomic E-state index is 0.263. The lowest BCUT2D eigenvalue weighted by Crippen LogP contribution is -2.67. The Hall–Kier alpha value is -0.610. The van der Waals surface area contributed by atoms with Crippen LogP contribution >= 0.6 is 0 Å². The van der Waals surface area contributed by atoms with Gasteiger partial charge in [0.2, 0.25) is 5.66 Å². The van der Waals surface area contributed by atoms with Crippen LogP contribution in [-0.2, 0) is 4.79 Å². The minimum atomic E-state index is -1.16. The van der Waals surface area contributed by atoms with E-state index >= 15 is 0 Å². The first kappa shape index (κ1) is 18.4. The van der Waals surface area contributed by atoms with Gasteiger partial charge in [-0.25, -0.2) is 4.79 Å². The van der Waals surface area contributed by atoms with Gasteiger partial charge in [0.1, 0.15) is 0 Å². The number of carboxylic acids is 1. The van der Waals surface area contributed by atoms with Crippen LogP contribution < -0.4 is 5.73 Å². The number of quaternary nitrogens is 1. The quantitative estimate of drug-likeness (QED) is 0.345. The van der Waals surface area contributed by atoms with Gasteiger partial charge in [-0.15, -0.1) is 0 Å². The van der Waals surface area contributed by atoms with Crippen molar-refractivity contribution in [3.63, 3.8) is 0 Å². The number of carboxylic acid groups (broad SMARTS) is 1. The summed E-state index contributed by atoms with van der Waals surface area (Å²) in [5.41, 5.74) is 4.91. The van der Waals surface area contributed by atoms with Crippen LogP contribution in [0.25, 0.3) is 0 Å². The number of hydrogen-bond donors (Lipinski definition) is 2. The number of unbranched alkanes of at least 4 members (excludes halogenated alkanes) is 7. The largest absolute Gasteiger partial charge is 0.476 e. The molecule has 0 aromatic rings. The van der Waals surface area contributed by atoms with Gasteiger partial charge in [-0.1, -0.05) is 51.9 Å². The van der Waals surface area contributed by atoms with Gasteiger partial charge in [-0.05, 0) is 6.42 Å². The van der Waals surface area contributed by atoms with Gasteiger partial charge in [0.15, 0.2) is 0 Å². The molecule has 0 fully saturated rings. The second-order valence-electron chi connectivity index (χ2n) is 6.47. The summed E-state index contributed by atoms with van der Waals surface area (Å²) in [6.45, 7) is 2.22. The normalized spacial score (nSPS) is 15.2. The average molecular weight is 273 g/mol. The summed E-state index contributed by atoms with van der Waals surface area (Å²) in [7, 11) is 5.54. The van der Waals surface area contributed by atoms with E-state index in [4.69, 9.17) is 5.73 Å². The number of hydrogen-bond acceptors (Lipinski definition) is 2. The number of rotatable bonds is 11. The smallest absolute Gasteiger partial charge is 0.381 e. The van der Waals surface area contributed by atoms with Crippen molar-refractivity contribution >= 4 is 5.97 Å². The van der Waals surface area contributed by atoms with Crippen molar-refractivity contribution in [2.24, 2.45) is 5.73 Å². The van der Waals surface area contributed by atoms with Crippen molar-refractivity contribution in [3.05, 3.63) is 0 Å². The molecular weight excluding hydrogens is 240 g/mol. The number of carbonyl (C=O) groups is 1. The standard InChI is InChI=1S/C15H32N2O2/c1-5-6-7-8-9-10-11-12-13-15(16,14(18)19)17(2,3)4/h5-13,16H2,1-4H3/p+1. The Morgan fingerprint density at radius 3 is 1.79 bits per heavy atom. The minimum Gasteiger partial charge on any atom is -0.476 e. The zero-order valence-electron chi connectivity index (χ0n) is 13.2. The number of aliphatic carboxylic acids is 1. The predicted molar refractivity (Wildman–Crippen MR) is 79.8 cm³/mol. The van der Waals surface area contributed by atoms with E-state index in [9.17, 15) is 9.90 Å². The van der Waals surface area contributed by atoms with E-state index < -0.39 is 11.6 Å². The van der Waals surface area contributed by atoms with Crippen LogP contribution in [0.15, 0.2) is 0 Å². The molecule has 1 unspecified atom stereocenters. The Bertz CT molecular complexity index is 261. The summed E-state index contributed by atoms with van der Waals surface area (Å²) < 4.78 is 0.263. The van der Waals surface area contributed by atoms with Gasteiger partial charge in [-0.3, -0.25) is 5.73 Å². The summed E-state index contributed by atoms with van der Waals surface area (Å²) in [5.74, 6) is -0.900. The maximum absolute atomic E-state index is 11.4. The van der Waals surface area contributed by atoms with Gasteiger partial charge in [0, 0.05) is 6.42 Å². The van der Waals surface area contributed by atoms with E-state index in [0.29, 0.717) is 6.42 Å². The molecule has 0 saturated heterocycles. The van der Waals surface area contributed by atoms with Crippen LogP contribution in [-0.4, -0.2) is 42.4 Å². The van der Waals surface area contributed by atoms with Crippen molar-refractivity contribution in [1.29, 1.82) is 0 Å². The lowest BCUT2D eigenvalue weighted by atomic mass is 9.98. The van der Waals surface area contributed by atoms with Crippen molar-refractivity contribution in [3.8, 4) is 0 Å². The summed E-state index contributed by atoms with van der Waals surface area (Å²) in [4.78, 5) is 11.4. The molecule has 114 valence electrons. The molecule has 0 amide bonds. The third-order valence-corrected chi connectivity index (χ3v) is 3.98. The highest BCUT2D eigenvalue weighted by molar-refractivity contribution is 5.76. The molecule has 0 aliphatic heterocycles. The third-order valence-electron chi connectivity index (χ3n) is 3.98. The lowest BCUT2D eigenvalue weighted by molar-refractivity contribution is -0.914. The molecule has 0 heterocycles. The van der Waals surface area contributed by atoms with Crippen LogP contribution in [0.3, 0.4) is 0 Å². The Balaban J connectivity index is 3.88. The highest BCUT2D eigenvalue weighted by Crippen LogP contribution is 2.21. The SMILES string of the molecule is CCCCCCCCCCC(N)(C(=O)O)[N+](C)(C)C. The van der Waals surface area contributed by atoms with E-state index in [2.05, 4.69) is 6.92 Å². The third kappa shape index (κ3) is 6.39. The number of likely N-dealkylation sites (N-methyl/N-ethyl adjacent to an activating group) is 1. The second kappa shape index (κ2) is 8.54. The molecule has 0 radical (unpaired) electrons. The van der Waals surface area contributed by atoms with E-state index in [0.717, 1.165) is 12.8 Å². The summed E-state index contributed by atoms with van der Waals surface area (Å²) >= 11 is 0. The number of nitrogens with two attached hydrogens (primary N) is 1. The summed E-state index contributed by atoms with van der Waals surface area (Å²) in [5, 5.41) is 9.33. The topological polar surface area (TPSA) is 63.3 Å². The molecule has 3 N–H and O–H groups in total. The predicted octanol–water partition coefficient (Wildman–Crippen LogP) is 2.96. The molecule has 0 rings (SSSR count). The van der Waals surface area contributed by atoms with Crippen molar-refractivity contribution < 1.29 is 14.4 Å². The van der Waals surface area contributed by atoms with Crippen LogP contribution in [0.1, 0.15) is 64.7 Å². The molecule has 0 spiro atoms. The lowest BCUT2D eigenvalue weighted by Gasteiger charge is -2.39. The Morgan fingerprint density at radius 1 is 1.00 bits per heavy atom. The van der Waals surface area contributed by atoms with E-state index in [-0.39, 0.29) is 4.48 Å². The fourth-order valence-corrected chi connectivity index (χ4v) is 2.26. The Labute approximate surface area is 118 Å². The van der Waals surface area contributed by atoms with E-state index in [1.165, 1.54) is 38.5 Å². The van der Waals surface area contributed by atoms with E-state index in [1.54, 1.807) is 0 Å². The molecular formula is C15H33N2O2+. The van der Waals surface area contributed by atoms with E-state index in [1.807, 2.05) is 21.1 Å².